The molecule has 6 heteroatoms. The lowest BCUT2D eigenvalue weighted by Crippen LogP contribution is -2.39. The average molecular weight is 350 g/mol. The molecule has 0 aromatic carbocycles. The number of aliphatic imine (C=N–C) groups is 1. The molecule has 0 amide bonds. The lowest BCUT2D eigenvalue weighted by atomic mass is 9.72. The van der Waals surface area contributed by atoms with Crippen molar-refractivity contribution in [2.75, 3.05) is 26.2 Å². The maximum absolute atomic E-state index is 9.45. The first-order chi connectivity index (χ1) is 12.2. The number of nitrogens with zero attached hydrogens (tertiary/aromatic N) is 3. The Hall–Kier alpha value is -1.56. The van der Waals surface area contributed by atoms with Gasteiger partial charge in [-0.3, -0.25) is 9.67 Å². The topological polar surface area (TPSA) is 74.5 Å². The van der Waals surface area contributed by atoms with Crippen LogP contribution >= 0.6 is 0 Å². The van der Waals surface area contributed by atoms with Gasteiger partial charge < -0.3 is 15.7 Å². The summed E-state index contributed by atoms with van der Waals surface area (Å²) >= 11 is 0. The third kappa shape index (κ3) is 6.69. The summed E-state index contributed by atoms with van der Waals surface area (Å²) in [5.41, 5.74) is 1.40. The summed E-state index contributed by atoms with van der Waals surface area (Å²) in [7, 11) is 0. The van der Waals surface area contributed by atoms with Gasteiger partial charge in [-0.1, -0.05) is 19.3 Å². The van der Waals surface area contributed by atoms with E-state index in [0.29, 0.717) is 0 Å². The van der Waals surface area contributed by atoms with E-state index in [1.54, 1.807) is 0 Å². The van der Waals surface area contributed by atoms with Gasteiger partial charge in [-0.15, -0.1) is 0 Å². The van der Waals surface area contributed by atoms with Crippen molar-refractivity contribution in [1.82, 2.24) is 20.4 Å². The fraction of sp³-hybridized carbons (Fsp3) is 0.789. The Balaban J connectivity index is 1.81. The summed E-state index contributed by atoms with van der Waals surface area (Å²) < 4.78 is 1.99. The predicted molar refractivity (Wildman–Crippen MR) is 103 cm³/mol. The summed E-state index contributed by atoms with van der Waals surface area (Å²) in [5, 5.41) is 20.5. The van der Waals surface area contributed by atoms with E-state index in [1.807, 2.05) is 10.9 Å². The van der Waals surface area contributed by atoms with Crippen molar-refractivity contribution in [3.05, 3.63) is 18.0 Å². The number of guanidine groups is 1. The first-order valence-corrected chi connectivity index (χ1v) is 9.79. The minimum atomic E-state index is 0.196. The van der Waals surface area contributed by atoms with Crippen LogP contribution in [0.1, 0.15) is 57.4 Å². The predicted octanol–water partition coefficient (Wildman–Crippen LogP) is 2.47. The average Bonchev–Trinajstić information content (AvgIpc) is 3.03. The lowest BCUT2D eigenvalue weighted by molar-refractivity contribution is 0.137. The van der Waals surface area contributed by atoms with Crippen LogP contribution in [0.3, 0.4) is 0 Å². The second-order valence-electron chi connectivity index (χ2n) is 7.29. The molecule has 0 saturated heterocycles. The third-order valence-corrected chi connectivity index (χ3v) is 5.09. The molecule has 0 spiro atoms. The molecule has 1 saturated carbocycles. The first-order valence-electron chi connectivity index (χ1n) is 9.79. The van der Waals surface area contributed by atoms with Crippen LogP contribution in [0.15, 0.2) is 17.4 Å². The highest BCUT2D eigenvalue weighted by molar-refractivity contribution is 5.79. The van der Waals surface area contributed by atoms with Crippen LogP contribution in [0.4, 0.5) is 0 Å². The Morgan fingerprint density at radius 2 is 2.12 bits per heavy atom. The molecule has 0 atom stereocenters. The van der Waals surface area contributed by atoms with Crippen LogP contribution in [0, 0.1) is 12.3 Å². The molecule has 1 aromatic heterocycles. The fourth-order valence-electron chi connectivity index (χ4n) is 3.65. The molecule has 1 aliphatic carbocycles. The smallest absolute Gasteiger partial charge is 0.191 e. The summed E-state index contributed by atoms with van der Waals surface area (Å²) in [6.45, 7) is 7.87. The number of hydrogen-bond donors (Lipinski definition) is 3. The maximum atomic E-state index is 9.45. The lowest BCUT2D eigenvalue weighted by Gasteiger charge is -2.35. The number of nitrogens with one attached hydrogen (secondary N) is 2. The number of hydrogen-bond acceptors (Lipinski definition) is 3. The van der Waals surface area contributed by atoms with E-state index in [2.05, 4.69) is 35.8 Å². The minimum Gasteiger partial charge on any atom is -0.396 e. The Bertz CT molecular complexity index is 514. The molecule has 2 rings (SSSR count). The quantitative estimate of drug-likeness (QED) is 0.364. The molecule has 3 N–H and O–H groups in total. The van der Waals surface area contributed by atoms with Crippen molar-refractivity contribution in [3.8, 4) is 0 Å². The maximum Gasteiger partial charge on any atom is 0.191 e. The molecule has 1 fully saturated rings. The van der Waals surface area contributed by atoms with Crippen molar-refractivity contribution in [3.63, 3.8) is 0 Å². The molecule has 1 aliphatic rings. The highest BCUT2D eigenvalue weighted by atomic mass is 16.3. The Kier molecular flexibility index (Phi) is 8.25. The number of aliphatic hydroxyl groups excluding tert-OH is 1. The molecule has 142 valence electrons. The van der Waals surface area contributed by atoms with Gasteiger partial charge >= 0.3 is 0 Å². The van der Waals surface area contributed by atoms with E-state index in [0.717, 1.165) is 45.0 Å². The summed E-state index contributed by atoms with van der Waals surface area (Å²) in [4.78, 5) is 4.84. The third-order valence-electron chi connectivity index (χ3n) is 5.09. The van der Waals surface area contributed by atoms with Crippen LogP contribution in [-0.2, 0) is 6.54 Å². The van der Waals surface area contributed by atoms with Crippen LogP contribution in [0.5, 0.6) is 0 Å². The summed E-state index contributed by atoms with van der Waals surface area (Å²) in [5.74, 6) is 0.891. The molecule has 1 aromatic rings. The molecule has 0 radical (unpaired) electrons. The summed E-state index contributed by atoms with van der Waals surface area (Å²) in [6, 6.07) is 0. The van der Waals surface area contributed by atoms with Gasteiger partial charge in [0.2, 0.25) is 0 Å². The van der Waals surface area contributed by atoms with Gasteiger partial charge in [-0.2, -0.15) is 5.10 Å². The van der Waals surface area contributed by atoms with Crippen molar-refractivity contribution < 1.29 is 5.11 Å². The minimum absolute atomic E-state index is 0.196. The van der Waals surface area contributed by atoms with Crippen molar-refractivity contribution in [2.45, 2.75) is 65.3 Å². The highest BCUT2D eigenvalue weighted by Crippen LogP contribution is 2.39. The number of rotatable bonds is 9. The zero-order chi connectivity index (χ0) is 18.0. The molecule has 0 unspecified atom stereocenters. The SMILES string of the molecule is CCNC(=NCC1(CCO)CCCCC1)NCCCn1cc(C)cn1. The van der Waals surface area contributed by atoms with Crippen LogP contribution < -0.4 is 10.6 Å². The molecule has 25 heavy (non-hydrogen) atoms. The van der Waals surface area contributed by atoms with E-state index >= 15 is 0 Å². The van der Waals surface area contributed by atoms with Crippen LogP contribution in [-0.4, -0.2) is 47.1 Å². The second-order valence-corrected chi connectivity index (χ2v) is 7.29. The molecule has 1 heterocycles. The normalized spacial score (nSPS) is 17.5. The molecule has 6 nitrogen and oxygen atoms in total. The number of aromatic nitrogens is 2. The van der Waals surface area contributed by atoms with E-state index in [4.69, 9.17) is 4.99 Å². The van der Waals surface area contributed by atoms with Gasteiger partial charge in [0.15, 0.2) is 5.96 Å². The molecule has 0 aliphatic heterocycles. The van der Waals surface area contributed by atoms with E-state index in [-0.39, 0.29) is 12.0 Å². The van der Waals surface area contributed by atoms with Crippen molar-refractivity contribution in [2.24, 2.45) is 10.4 Å². The molecular weight excluding hydrogens is 314 g/mol. The monoisotopic (exact) mass is 349 g/mol. The largest absolute Gasteiger partial charge is 0.396 e. The number of aryl methyl sites for hydroxylation is 2. The van der Waals surface area contributed by atoms with Gasteiger partial charge in [0.05, 0.1) is 6.20 Å². The van der Waals surface area contributed by atoms with E-state index in [9.17, 15) is 5.11 Å². The van der Waals surface area contributed by atoms with Gasteiger partial charge in [0.25, 0.3) is 0 Å². The fourth-order valence-corrected chi connectivity index (χ4v) is 3.65. The summed E-state index contributed by atoms with van der Waals surface area (Å²) in [6.07, 6.45) is 12.1. The van der Waals surface area contributed by atoms with Gasteiger partial charge in [-0.05, 0) is 50.5 Å². The van der Waals surface area contributed by atoms with E-state index in [1.165, 1.54) is 37.7 Å². The molecular formula is C19H35N5O. The second kappa shape index (κ2) is 10.4. The standard InChI is InChI=1S/C19H35N5O/c1-3-20-18(21-11-7-12-24-15-17(2)14-23-24)22-16-19(10-13-25)8-5-4-6-9-19/h14-15,25H,3-13,16H2,1-2H3,(H2,20,21,22). The van der Waals surface area contributed by atoms with Crippen molar-refractivity contribution >= 4 is 5.96 Å². The van der Waals surface area contributed by atoms with Gasteiger partial charge in [0.1, 0.15) is 0 Å². The number of aliphatic hydroxyl groups is 1. The zero-order valence-electron chi connectivity index (χ0n) is 15.9. The van der Waals surface area contributed by atoms with Gasteiger partial charge in [0, 0.05) is 39.0 Å². The zero-order valence-corrected chi connectivity index (χ0v) is 15.9. The Morgan fingerprint density at radius 1 is 1.32 bits per heavy atom. The van der Waals surface area contributed by atoms with Crippen LogP contribution in [0.25, 0.3) is 0 Å². The van der Waals surface area contributed by atoms with E-state index < -0.39 is 0 Å². The molecule has 0 bridgehead atoms. The first kappa shape index (κ1) is 19.8. The highest BCUT2D eigenvalue weighted by Gasteiger charge is 2.31. The van der Waals surface area contributed by atoms with Gasteiger partial charge in [-0.25, -0.2) is 0 Å². The Labute approximate surface area is 152 Å². The van der Waals surface area contributed by atoms with Crippen LogP contribution in [0.2, 0.25) is 0 Å². The Morgan fingerprint density at radius 3 is 2.76 bits per heavy atom. The van der Waals surface area contributed by atoms with Crippen molar-refractivity contribution in [1.29, 1.82) is 0 Å².